The highest BCUT2D eigenvalue weighted by atomic mass is 19.4. The molecule has 124 valence electrons. The molecular formula is C19H16F3NO. The Balaban J connectivity index is 2.54. The number of halogens is 3. The van der Waals surface area contributed by atoms with Gasteiger partial charge in [0, 0.05) is 5.56 Å². The molecule has 2 aromatic rings. The fourth-order valence-corrected chi connectivity index (χ4v) is 2.45. The van der Waals surface area contributed by atoms with Gasteiger partial charge in [0.05, 0.1) is 5.56 Å². The molecule has 0 spiro atoms. The van der Waals surface area contributed by atoms with E-state index in [4.69, 9.17) is 0 Å². The molecule has 0 bridgehead atoms. The Bertz CT molecular complexity index is 783. The number of nitriles is 1. The van der Waals surface area contributed by atoms with Crippen LogP contribution in [-0.2, 0) is 12.6 Å². The Morgan fingerprint density at radius 3 is 2.25 bits per heavy atom. The molecule has 0 amide bonds. The second kappa shape index (κ2) is 7.22. The molecule has 0 radical (unpaired) electrons. The molecule has 0 heterocycles. The lowest BCUT2D eigenvalue weighted by atomic mass is 9.97. The van der Waals surface area contributed by atoms with Gasteiger partial charge in [0.15, 0.2) is 0 Å². The average molecular weight is 331 g/mol. The summed E-state index contributed by atoms with van der Waals surface area (Å²) >= 11 is 0. The van der Waals surface area contributed by atoms with Crippen molar-refractivity contribution in [2.24, 2.45) is 0 Å². The first-order chi connectivity index (χ1) is 11.4. The predicted octanol–water partition coefficient (Wildman–Crippen LogP) is 5.61. The maximum absolute atomic E-state index is 13.1. The molecular weight excluding hydrogens is 315 g/mol. The van der Waals surface area contributed by atoms with E-state index in [2.05, 4.69) is 0 Å². The summed E-state index contributed by atoms with van der Waals surface area (Å²) in [6.45, 7) is 2.04. The second-order valence-corrected chi connectivity index (χ2v) is 5.33. The third-order valence-electron chi connectivity index (χ3n) is 3.62. The standard InChI is InChI=1S/C19H16F3NO/c1-2-5-13-8-10-14(11-9-13)16(12-23)18(24)15-6-3-4-7-17(15)19(20,21)22/h3-4,6-11,24H,2,5H2,1H3. The molecule has 0 aromatic heterocycles. The lowest BCUT2D eigenvalue weighted by Crippen LogP contribution is -2.09. The summed E-state index contributed by atoms with van der Waals surface area (Å²) in [6, 6.07) is 13.4. The van der Waals surface area contributed by atoms with Crippen LogP contribution in [0.1, 0.15) is 35.6 Å². The number of aliphatic hydroxyl groups is 1. The van der Waals surface area contributed by atoms with Gasteiger partial charge in [-0.3, -0.25) is 0 Å². The third kappa shape index (κ3) is 3.77. The van der Waals surface area contributed by atoms with Crippen molar-refractivity contribution in [3.63, 3.8) is 0 Å². The van der Waals surface area contributed by atoms with Crippen molar-refractivity contribution < 1.29 is 18.3 Å². The summed E-state index contributed by atoms with van der Waals surface area (Å²) < 4.78 is 39.3. The van der Waals surface area contributed by atoms with Gasteiger partial charge in [-0.2, -0.15) is 18.4 Å². The van der Waals surface area contributed by atoms with Gasteiger partial charge in [-0.25, -0.2) is 0 Å². The molecule has 2 nitrogen and oxygen atoms in total. The number of hydrogen-bond acceptors (Lipinski definition) is 2. The monoisotopic (exact) mass is 331 g/mol. The van der Waals surface area contributed by atoms with E-state index in [1.54, 1.807) is 24.3 Å². The van der Waals surface area contributed by atoms with Crippen LogP contribution in [0.4, 0.5) is 13.2 Å². The van der Waals surface area contributed by atoms with Crippen LogP contribution in [0.25, 0.3) is 11.3 Å². The van der Waals surface area contributed by atoms with Crippen LogP contribution in [0.5, 0.6) is 0 Å². The summed E-state index contributed by atoms with van der Waals surface area (Å²) in [4.78, 5) is 0. The van der Waals surface area contributed by atoms with Crippen LogP contribution in [0, 0.1) is 11.3 Å². The van der Waals surface area contributed by atoms with E-state index in [9.17, 15) is 23.5 Å². The number of benzene rings is 2. The largest absolute Gasteiger partial charge is 0.506 e. The van der Waals surface area contributed by atoms with Crippen LogP contribution < -0.4 is 0 Å². The van der Waals surface area contributed by atoms with E-state index in [1.165, 1.54) is 12.1 Å². The van der Waals surface area contributed by atoms with Gasteiger partial charge in [-0.1, -0.05) is 55.8 Å². The summed E-state index contributed by atoms with van der Waals surface area (Å²) in [5, 5.41) is 19.6. The average Bonchev–Trinajstić information content (AvgIpc) is 2.56. The minimum atomic E-state index is -4.61. The maximum Gasteiger partial charge on any atom is 0.417 e. The Morgan fingerprint density at radius 2 is 1.71 bits per heavy atom. The zero-order chi connectivity index (χ0) is 17.7. The Labute approximate surface area is 138 Å². The van der Waals surface area contributed by atoms with Gasteiger partial charge in [0.25, 0.3) is 0 Å². The van der Waals surface area contributed by atoms with E-state index in [1.807, 2.05) is 13.0 Å². The fraction of sp³-hybridized carbons (Fsp3) is 0.211. The van der Waals surface area contributed by atoms with Gasteiger partial charge in [0.2, 0.25) is 0 Å². The molecule has 0 atom stereocenters. The highest BCUT2D eigenvalue weighted by Crippen LogP contribution is 2.36. The zero-order valence-electron chi connectivity index (χ0n) is 13.1. The van der Waals surface area contributed by atoms with Gasteiger partial charge in [0.1, 0.15) is 17.4 Å². The van der Waals surface area contributed by atoms with Gasteiger partial charge < -0.3 is 5.11 Å². The number of allylic oxidation sites excluding steroid dienone is 1. The molecule has 1 N–H and O–H groups in total. The van der Waals surface area contributed by atoms with Gasteiger partial charge in [-0.05, 0) is 23.6 Å². The number of aliphatic hydroxyl groups excluding tert-OH is 1. The van der Waals surface area contributed by atoms with Gasteiger partial charge >= 0.3 is 6.18 Å². The lowest BCUT2D eigenvalue weighted by molar-refractivity contribution is -0.137. The topological polar surface area (TPSA) is 44.0 Å². The lowest BCUT2D eigenvalue weighted by Gasteiger charge is -2.13. The highest BCUT2D eigenvalue weighted by Gasteiger charge is 2.34. The van der Waals surface area contributed by atoms with Crippen molar-refractivity contribution in [3.8, 4) is 6.07 Å². The van der Waals surface area contributed by atoms with E-state index in [-0.39, 0.29) is 5.57 Å². The van der Waals surface area contributed by atoms with Gasteiger partial charge in [-0.15, -0.1) is 0 Å². The second-order valence-electron chi connectivity index (χ2n) is 5.33. The van der Waals surface area contributed by atoms with Crippen molar-refractivity contribution in [2.75, 3.05) is 0 Å². The molecule has 0 aliphatic heterocycles. The van der Waals surface area contributed by atoms with Crippen molar-refractivity contribution >= 4 is 11.3 Å². The minimum absolute atomic E-state index is 0.185. The highest BCUT2D eigenvalue weighted by molar-refractivity contribution is 5.94. The number of nitrogens with zero attached hydrogens (tertiary/aromatic N) is 1. The minimum Gasteiger partial charge on any atom is -0.506 e. The first kappa shape index (κ1) is 17.6. The van der Waals surface area contributed by atoms with Crippen molar-refractivity contribution in [2.45, 2.75) is 25.9 Å². The predicted molar refractivity (Wildman–Crippen MR) is 86.9 cm³/mol. The Kier molecular flexibility index (Phi) is 5.30. The number of rotatable bonds is 4. The number of alkyl halides is 3. The molecule has 0 aliphatic carbocycles. The van der Waals surface area contributed by atoms with Crippen LogP contribution in [0.15, 0.2) is 48.5 Å². The Hall–Kier alpha value is -2.74. The number of hydrogen-bond donors (Lipinski definition) is 1. The molecule has 0 unspecified atom stereocenters. The molecule has 2 rings (SSSR count). The van der Waals surface area contributed by atoms with E-state index >= 15 is 0 Å². The van der Waals surface area contributed by atoms with Crippen molar-refractivity contribution in [1.29, 1.82) is 5.26 Å². The van der Waals surface area contributed by atoms with Crippen molar-refractivity contribution in [3.05, 3.63) is 70.8 Å². The zero-order valence-corrected chi connectivity index (χ0v) is 13.1. The van der Waals surface area contributed by atoms with E-state index in [0.29, 0.717) is 5.56 Å². The first-order valence-corrected chi connectivity index (χ1v) is 7.47. The SMILES string of the molecule is CCCc1ccc(C(C#N)=C(O)c2ccccc2C(F)(F)F)cc1. The molecule has 2 aromatic carbocycles. The summed E-state index contributed by atoms with van der Waals surface area (Å²) in [5.74, 6) is -0.673. The summed E-state index contributed by atoms with van der Waals surface area (Å²) in [6.07, 6.45) is -2.78. The van der Waals surface area contributed by atoms with Crippen LogP contribution in [0.2, 0.25) is 0 Å². The summed E-state index contributed by atoms with van der Waals surface area (Å²) in [7, 11) is 0. The molecule has 5 heteroatoms. The van der Waals surface area contributed by atoms with E-state index < -0.39 is 23.1 Å². The third-order valence-corrected chi connectivity index (χ3v) is 3.62. The maximum atomic E-state index is 13.1. The first-order valence-electron chi connectivity index (χ1n) is 7.47. The molecule has 24 heavy (non-hydrogen) atoms. The van der Waals surface area contributed by atoms with Crippen LogP contribution in [0.3, 0.4) is 0 Å². The molecule has 0 fully saturated rings. The van der Waals surface area contributed by atoms with Crippen LogP contribution >= 0.6 is 0 Å². The van der Waals surface area contributed by atoms with E-state index in [0.717, 1.165) is 30.5 Å². The fourth-order valence-electron chi connectivity index (χ4n) is 2.45. The van der Waals surface area contributed by atoms with Crippen LogP contribution in [-0.4, -0.2) is 5.11 Å². The molecule has 0 aliphatic rings. The smallest absolute Gasteiger partial charge is 0.417 e. The molecule has 0 saturated carbocycles. The quantitative estimate of drug-likeness (QED) is 0.450. The number of aryl methyl sites for hydroxylation is 1. The molecule has 0 saturated heterocycles. The van der Waals surface area contributed by atoms with Crippen molar-refractivity contribution in [1.82, 2.24) is 0 Å². The Morgan fingerprint density at radius 1 is 1.08 bits per heavy atom. The normalized spacial score (nSPS) is 12.5. The summed E-state index contributed by atoms with van der Waals surface area (Å²) in [5.41, 5.74) is -0.118.